The molecule has 1 heterocycles. The molecule has 0 aromatic heterocycles. The van der Waals surface area contributed by atoms with Crippen LogP contribution in [0.5, 0.6) is 0 Å². The Morgan fingerprint density at radius 1 is 1.29 bits per heavy atom. The van der Waals surface area contributed by atoms with E-state index in [9.17, 15) is 23.1 Å². The van der Waals surface area contributed by atoms with Gasteiger partial charge in [-0.2, -0.15) is 13.2 Å². The molecule has 3 nitrogen and oxygen atoms in total. The van der Waals surface area contributed by atoms with Crippen LogP contribution >= 0.6 is 0 Å². The zero-order valence-corrected chi connectivity index (χ0v) is 9.14. The summed E-state index contributed by atoms with van der Waals surface area (Å²) < 4.78 is 38.5. The molecule has 1 aliphatic heterocycles. The highest BCUT2D eigenvalue weighted by Crippen LogP contribution is 2.47. The summed E-state index contributed by atoms with van der Waals surface area (Å²) in [5, 5.41) is 11.7. The van der Waals surface area contributed by atoms with Crippen molar-refractivity contribution < 1.29 is 23.1 Å². The Morgan fingerprint density at radius 2 is 1.88 bits per heavy atom. The highest BCUT2D eigenvalue weighted by atomic mass is 19.4. The van der Waals surface area contributed by atoms with E-state index in [4.69, 9.17) is 0 Å². The molecule has 0 saturated carbocycles. The Balaban J connectivity index is 2.74. The Labute approximate surface area is 95.3 Å². The van der Waals surface area contributed by atoms with Gasteiger partial charge < -0.3 is 10.4 Å². The van der Waals surface area contributed by atoms with Gasteiger partial charge in [-0.1, -0.05) is 17.7 Å². The smallest absolute Gasteiger partial charge is 0.368 e. The fourth-order valence-electron chi connectivity index (χ4n) is 2.03. The van der Waals surface area contributed by atoms with Crippen LogP contribution < -0.4 is 5.32 Å². The molecule has 0 fully saturated rings. The van der Waals surface area contributed by atoms with E-state index < -0.39 is 23.2 Å². The van der Waals surface area contributed by atoms with Crippen molar-refractivity contribution in [2.45, 2.75) is 25.6 Å². The minimum atomic E-state index is -5.04. The molecule has 92 valence electrons. The van der Waals surface area contributed by atoms with E-state index in [-0.39, 0.29) is 5.69 Å². The standard InChI is InChI=1S/C11H10F3NO2/c1-5-3-6(2)8-7(4-5)10(17,9(16)15-8)11(12,13)14/h3-4,17H,1-2H3,(H,15,16). The van der Waals surface area contributed by atoms with Gasteiger partial charge in [-0.25, -0.2) is 0 Å². The summed E-state index contributed by atoms with van der Waals surface area (Å²) in [6, 6.07) is 2.81. The number of alkyl halides is 3. The van der Waals surface area contributed by atoms with Gasteiger partial charge in [0.1, 0.15) is 0 Å². The second-order valence-electron chi connectivity index (χ2n) is 4.17. The molecule has 6 heteroatoms. The Bertz CT molecular complexity index is 510. The molecule has 0 bridgehead atoms. The maximum Gasteiger partial charge on any atom is 0.430 e. The number of halogens is 3. The van der Waals surface area contributed by atoms with Crippen molar-refractivity contribution in [1.82, 2.24) is 0 Å². The van der Waals surface area contributed by atoms with Crippen LogP contribution in [-0.4, -0.2) is 17.2 Å². The number of hydrogen-bond donors (Lipinski definition) is 2. The first kappa shape index (κ1) is 11.9. The molecular formula is C11H10F3NO2. The minimum Gasteiger partial charge on any atom is -0.368 e. The van der Waals surface area contributed by atoms with Gasteiger partial charge in [0.05, 0.1) is 5.69 Å². The van der Waals surface area contributed by atoms with Crippen LogP contribution in [0.3, 0.4) is 0 Å². The van der Waals surface area contributed by atoms with Crippen LogP contribution in [0.1, 0.15) is 16.7 Å². The van der Waals surface area contributed by atoms with Crippen LogP contribution in [0.4, 0.5) is 18.9 Å². The maximum absolute atomic E-state index is 12.8. The lowest BCUT2D eigenvalue weighted by molar-refractivity contribution is -0.252. The number of rotatable bonds is 0. The average molecular weight is 245 g/mol. The van der Waals surface area contributed by atoms with Crippen molar-refractivity contribution in [3.63, 3.8) is 0 Å². The number of amides is 1. The summed E-state index contributed by atoms with van der Waals surface area (Å²) in [6.07, 6.45) is -5.04. The average Bonchev–Trinajstić information content (AvgIpc) is 2.42. The number of fused-ring (bicyclic) bond motifs is 1. The molecule has 2 rings (SSSR count). The number of aryl methyl sites for hydroxylation is 2. The SMILES string of the molecule is Cc1cc(C)c2c(c1)C(O)(C(F)(F)F)C(=O)N2. The predicted molar refractivity (Wildman–Crippen MR) is 54.5 cm³/mol. The Morgan fingerprint density at radius 3 is 2.41 bits per heavy atom. The molecule has 0 radical (unpaired) electrons. The Kier molecular flexibility index (Phi) is 2.26. The first-order chi connectivity index (χ1) is 7.68. The molecule has 2 N–H and O–H groups in total. The number of carbonyl (C=O) groups excluding carboxylic acids is 1. The van der Waals surface area contributed by atoms with E-state index in [2.05, 4.69) is 5.32 Å². The number of hydrogen-bond acceptors (Lipinski definition) is 2. The highest BCUT2D eigenvalue weighted by molar-refractivity contribution is 6.06. The first-order valence-corrected chi connectivity index (χ1v) is 4.90. The van der Waals surface area contributed by atoms with E-state index in [0.29, 0.717) is 11.1 Å². The molecule has 1 amide bonds. The maximum atomic E-state index is 12.8. The highest BCUT2D eigenvalue weighted by Gasteiger charge is 2.64. The van der Waals surface area contributed by atoms with E-state index in [0.717, 1.165) is 0 Å². The quantitative estimate of drug-likeness (QED) is 0.734. The fraction of sp³-hybridized carbons (Fsp3) is 0.364. The van der Waals surface area contributed by atoms with Crippen molar-refractivity contribution >= 4 is 11.6 Å². The van der Waals surface area contributed by atoms with Crippen molar-refractivity contribution in [3.8, 4) is 0 Å². The third-order valence-electron chi connectivity index (χ3n) is 2.85. The summed E-state index contributed by atoms with van der Waals surface area (Å²) in [4.78, 5) is 11.4. The van der Waals surface area contributed by atoms with E-state index in [1.54, 1.807) is 19.9 Å². The van der Waals surface area contributed by atoms with Gasteiger partial charge in [0.15, 0.2) is 0 Å². The van der Waals surface area contributed by atoms with Gasteiger partial charge in [-0.05, 0) is 19.4 Å². The lowest BCUT2D eigenvalue weighted by Crippen LogP contribution is -2.47. The summed E-state index contributed by atoms with van der Waals surface area (Å²) >= 11 is 0. The van der Waals surface area contributed by atoms with Crippen LogP contribution in [0.25, 0.3) is 0 Å². The van der Waals surface area contributed by atoms with Gasteiger partial charge in [0.2, 0.25) is 0 Å². The molecule has 0 aliphatic carbocycles. The molecule has 0 saturated heterocycles. The molecule has 17 heavy (non-hydrogen) atoms. The normalized spacial score (nSPS) is 23.5. The second-order valence-corrected chi connectivity index (χ2v) is 4.17. The first-order valence-electron chi connectivity index (χ1n) is 4.90. The van der Waals surface area contributed by atoms with Crippen LogP contribution in [0.15, 0.2) is 12.1 Å². The van der Waals surface area contributed by atoms with Crippen molar-refractivity contribution in [3.05, 3.63) is 28.8 Å². The monoisotopic (exact) mass is 245 g/mol. The number of carbonyl (C=O) groups is 1. The van der Waals surface area contributed by atoms with Crippen molar-refractivity contribution in [1.29, 1.82) is 0 Å². The lowest BCUT2D eigenvalue weighted by atomic mass is 9.92. The fourth-order valence-corrected chi connectivity index (χ4v) is 2.03. The van der Waals surface area contributed by atoms with Crippen molar-refractivity contribution in [2.75, 3.05) is 5.32 Å². The zero-order valence-electron chi connectivity index (χ0n) is 9.14. The van der Waals surface area contributed by atoms with Gasteiger partial charge in [-0.3, -0.25) is 4.79 Å². The van der Waals surface area contributed by atoms with Crippen molar-refractivity contribution in [2.24, 2.45) is 0 Å². The predicted octanol–water partition coefficient (Wildman–Crippen LogP) is 2.01. The van der Waals surface area contributed by atoms with Gasteiger partial charge in [0.25, 0.3) is 11.5 Å². The molecule has 1 aliphatic rings. The summed E-state index contributed by atoms with van der Waals surface area (Å²) in [6.45, 7) is 3.18. The van der Waals surface area contributed by atoms with Gasteiger partial charge in [0, 0.05) is 5.56 Å². The molecule has 1 atom stereocenters. The number of benzene rings is 1. The van der Waals surface area contributed by atoms with E-state index in [1.807, 2.05) is 0 Å². The second kappa shape index (κ2) is 3.22. The molecule has 1 aromatic rings. The number of aliphatic hydroxyl groups is 1. The molecular weight excluding hydrogens is 235 g/mol. The molecule has 1 aromatic carbocycles. The van der Waals surface area contributed by atoms with Crippen LogP contribution in [0, 0.1) is 13.8 Å². The lowest BCUT2D eigenvalue weighted by Gasteiger charge is -2.24. The van der Waals surface area contributed by atoms with E-state index in [1.165, 1.54) is 6.07 Å². The third kappa shape index (κ3) is 1.44. The zero-order chi connectivity index (χ0) is 13.0. The summed E-state index contributed by atoms with van der Waals surface area (Å²) in [5.41, 5.74) is -2.78. The Hall–Kier alpha value is -1.56. The van der Waals surface area contributed by atoms with E-state index >= 15 is 0 Å². The minimum absolute atomic E-state index is 0.0421. The van der Waals surface area contributed by atoms with Crippen LogP contribution in [-0.2, 0) is 10.4 Å². The molecule has 0 spiro atoms. The number of nitrogens with one attached hydrogen (secondary N) is 1. The molecule has 1 unspecified atom stereocenters. The summed E-state index contributed by atoms with van der Waals surface area (Å²) in [7, 11) is 0. The van der Waals surface area contributed by atoms with Gasteiger partial charge in [-0.15, -0.1) is 0 Å². The summed E-state index contributed by atoms with van der Waals surface area (Å²) in [5.74, 6) is -1.45. The topological polar surface area (TPSA) is 49.3 Å². The number of anilines is 1. The van der Waals surface area contributed by atoms with Crippen LogP contribution in [0.2, 0.25) is 0 Å². The van der Waals surface area contributed by atoms with Gasteiger partial charge >= 0.3 is 6.18 Å². The third-order valence-corrected chi connectivity index (χ3v) is 2.85. The largest absolute Gasteiger partial charge is 0.430 e.